The largest absolute Gasteiger partial charge is 0.356 e. The average molecular weight is 434 g/mol. The summed E-state index contributed by atoms with van der Waals surface area (Å²) in [6.45, 7) is 5.62. The van der Waals surface area contributed by atoms with Crippen LogP contribution in [0.15, 0.2) is 23.2 Å². The monoisotopic (exact) mass is 434 g/mol. The van der Waals surface area contributed by atoms with Crippen LogP contribution < -0.4 is 10.6 Å². The molecule has 6 heteroatoms. The van der Waals surface area contributed by atoms with Crippen LogP contribution in [0, 0.1) is 18.7 Å². The van der Waals surface area contributed by atoms with Crippen LogP contribution in [0.2, 0.25) is 0 Å². The lowest BCUT2D eigenvalue weighted by atomic mass is 9.97. The number of hydrogen-bond donors (Lipinski definition) is 2. The molecule has 0 saturated carbocycles. The minimum atomic E-state index is -0.159. The third-order valence-corrected chi connectivity index (χ3v) is 4.32. The molecule has 0 radical (unpaired) electrons. The highest BCUT2D eigenvalue weighted by molar-refractivity contribution is 14.0. The van der Waals surface area contributed by atoms with Crippen LogP contribution >= 0.6 is 24.0 Å². The zero-order chi connectivity index (χ0) is 15.9. The normalized spacial score (nSPS) is 16.8. The predicted molar refractivity (Wildman–Crippen MR) is 105 cm³/mol. The van der Waals surface area contributed by atoms with Crippen LogP contribution in [0.1, 0.15) is 24.0 Å². The van der Waals surface area contributed by atoms with Crippen molar-refractivity contribution in [1.82, 2.24) is 15.5 Å². The molecule has 130 valence electrons. The first-order chi connectivity index (χ1) is 10.6. The molecule has 4 nitrogen and oxygen atoms in total. The van der Waals surface area contributed by atoms with Crippen molar-refractivity contribution in [2.24, 2.45) is 10.9 Å². The summed E-state index contributed by atoms with van der Waals surface area (Å²) in [5.41, 5.74) is 1.60. The van der Waals surface area contributed by atoms with E-state index in [1.54, 1.807) is 26.1 Å². The minimum Gasteiger partial charge on any atom is -0.356 e. The molecule has 0 bridgehead atoms. The molecule has 0 atom stereocenters. The molecular weight excluding hydrogens is 406 g/mol. The lowest BCUT2D eigenvalue weighted by Crippen LogP contribution is -2.42. The maximum Gasteiger partial charge on any atom is 0.191 e. The first kappa shape index (κ1) is 20.2. The minimum absolute atomic E-state index is 0. The summed E-state index contributed by atoms with van der Waals surface area (Å²) in [5, 5.41) is 6.62. The van der Waals surface area contributed by atoms with Crippen molar-refractivity contribution in [1.29, 1.82) is 0 Å². The Morgan fingerprint density at radius 2 is 2.00 bits per heavy atom. The molecule has 1 fully saturated rings. The molecular formula is C17H28FIN4. The van der Waals surface area contributed by atoms with Gasteiger partial charge in [-0.2, -0.15) is 0 Å². The van der Waals surface area contributed by atoms with Gasteiger partial charge in [-0.1, -0.05) is 12.1 Å². The molecule has 1 heterocycles. The van der Waals surface area contributed by atoms with Gasteiger partial charge < -0.3 is 15.5 Å². The van der Waals surface area contributed by atoms with Gasteiger partial charge in [0.05, 0.1) is 0 Å². The Labute approximate surface area is 156 Å². The van der Waals surface area contributed by atoms with E-state index in [-0.39, 0.29) is 29.8 Å². The lowest BCUT2D eigenvalue weighted by molar-refractivity contribution is 0.220. The first-order valence-electron chi connectivity index (χ1n) is 7.96. The van der Waals surface area contributed by atoms with Gasteiger partial charge in [0.15, 0.2) is 5.96 Å². The van der Waals surface area contributed by atoms with E-state index in [1.807, 2.05) is 6.07 Å². The van der Waals surface area contributed by atoms with Gasteiger partial charge >= 0.3 is 0 Å². The molecule has 1 saturated heterocycles. The summed E-state index contributed by atoms with van der Waals surface area (Å²) in [4.78, 5) is 6.60. The summed E-state index contributed by atoms with van der Waals surface area (Å²) in [6.07, 6.45) is 2.45. The van der Waals surface area contributed by atoms with E-state index in [2.05, 4.69) is 27.6 Å². The molecule has 0 amide bonds. The van der Waals surface area contributed by atoms with Gasteiger partial charge in [0.1, 0.15) is 5.82 Å². The number of guanidine groups is 1. The Balaban J connectivity index is 0.00000264. The number of rotatable bonds is 4. The van der Waals surface area contributed by atoms with Crippen molar-refractivity contribution in [2.75, 3.05) is 33.7 Å². The quantitative estimate of drug-likeness (QED) is 0.435. The zero-order valence-corrected chi connectivity index (χ0v) is 16.6. The second kappa shape index (κ2) is 10.1. The number of benzene rings is 1. The molecule has 0 spiro atoms. The van der Waals surface area contributed by atoms with Crippen LogP contribution in [0.25, 0.3) is 0 Å². The van der Waals surface area contributed by atoms with Crippen molar-refractivity contribution < 1.29 is 4.39 Å². The molecule has 1 aromatic rings. The summed E-state index contributed by atoms with van der Waals surface area (Å²) in [5.74, 6) is 1.32. The number of likely N-dealkylation sites (tertiary alicyclic amines) is 1. The number of aryl methyl sites for hydroxylation is 1. The molecule has 0 unspecified atom stereocenters. The van der Waals surface area contributed by atoms with Crippen LogP contribution in [-0.4, -0.2) is 44.6 Å². The second-order valence-electron chi connectivity index (χ2n) is 6.14. The number of piperidine rings is 1. The van der Waals surface area contributed by atoms with Gasteiger partial charge in [-0.3, -0.25) is 4.99 Å². The van der Waals surface area contributed by atoms with E-state index in [4.69, 9.17) is 0 Å². The fraction of sp³-hybridized carbons (Fsp3) is 0.588. The Morgan fingerprint density at radius 1 is 1.30 bits per heavy atom. The Morgan fingerprint density at radius 3 is 2.61 bits per heavy atom. The molecule has 2 rings (SSSR count). The molecule has 0 aromatic heterocycles. The summed E-state index contributed by atoms with van der Waals surface area (Å²) in [7, 11) is 3.94. The standard InChI is InChI=1S/C17H27FN4.HI/c1-13-4-5-15(10-16(13)18)12-21-17(19-2)20-11-14-6-8-22(3)9-7-14;/h4-5,10,14H,6-9,11-12H2,1-3H3,(H2,19,20,21);1H. The SMILES string of the molecule is CN=C(NCc1ccc(C)c(F)c1)NCC1CCN(C)CC1.I. The zero-order valence-electron chi connectivity index (χ0n) is 14.2. The van der Waals surface area contributed by atoms with Crippen molar-refractivity contribution in [3.63, 3.8) is 0 Å². The van der Waals surface area contributed by atoms with Gasteiger partial charge in [0.2, 0.25) is 0 Å². The summed E-state index contributed by atoms with van der Waals surface area (Å²) >= 11 is 0. The van der Waals surface area contributed by atoms with Crippen LogP contribution in [-0.2, 0) is 6.54 Å². The molecule has 23 heavy (non-hydrogen) atoms. The lowest BCUT2D eigenvalue weighted by Gasteiger charge is -2.29. The Bertz CT molecular complexity index is 513. The smallest absolute Gasteiger partial charge is 0.191 e. The van der Waals surface area contributed by atoms with Crippen LogP contribution in [0.4, 0.5) is 4.39 Å². The van der Waals surface area contributed by atoms with Gasteiger partial charge in [-0.15, -0.1) is 24.0 Å². The number of halogens is 2. The highest BCUT2D eigenvalue weighted by Crippen LogP contribution is 2.14. The fourth-order valence-electron chi connectivity index (χ4n) is 2.66. The summed E-state index contributed by atoms with van der Waals surface area (Å²) in [6, 6.07) is 5.32. The van der Waals surface area contributed by atoms with Crippen molar-refractivity contribution in [3.8, 4) is 0 Å². The van der Waals surface area contributed by atoms with E-state index in [0.29, 0.717) is 18.0 Å². The maximum atomic E-state index is 13.5. The second-order valence-corrected chi connectivity index (χ2v) is 6.14. The number of nitrogens with zero attached hydrogens (tertiary/aromatic N) is 2. The van der Waals surface area contributed by atoms with Gasteiger partial charge in [0.25, 0.3) is 0 Å². The molecule has 1 aliphatic rings. The van der Waals surface area contributed by atoms with Gasteiger partial charge in [0, 0.05) is 20.1 Å². The number of hydrogen-bond acceptors (Lipinski definition) is 2. The van der Waals surface area contributed by atoms with Gasteiger partial charge in [-0.05, 0) is 63.0 Å². The number of aliphatic imine (C=N–C) groups is 1. The Kier molecular flexibility index (Phi) is 8.83. The third kappa shape index (κ3) is 6.63. The van der Waals surface area contributed by atoms with Crippen molar-refractivity contribution in [2.45, 2.75) is 26.3 Å². The first-order valence-corrected chi connectivity index (χ1v) is 7.96. The maximum absolute atomic E-state index is 13.5. The van der Waals surface area contributed by atoms with Crippen molar-refractivity contribution >= 4 is 29.9 Å². The van der Waals surface area contributed by atoms with Crippen LogP contribution in [0.3, 0.4) is 0 Å². The van der Waals surface area contributed by atoms with E-state index >= 15 is 0 Å². The van der Waals surface area contributed by atoms with Gasteiger partial charge in [-0.25, -0.2) is 4.39 Å². The fourth-order valence-corrected chi connectivity index (χ4v) is 2.66. The molecule has 1 aromatic carbocycles. The number of nitrogens with one attached hydrogen (secondary N) is 2. The molecule has 2 N–H and O–H groups in total. The third-order valence-electron chi connectivity index (χ3n) is 4.32. The van der Waals surface area contributed by atoms with Crippen molar-refractivity contribution in [3.05, 3.63) is 35.1 Å². The highest BCUT2D eigenvalue weighted by Gasteiger charge is 2.16. The Hall–Kier alpha value is -0.890. The average Bonchev–Trinajstić information content (AvgIpc) is 2.52. The van der Waals surface area contributed by atoms with E-state index < -0.39 is 0 Å². The predicted octanol–water partition coefficient (Wildman–Crippen LogP) is 2.76. The summed E-state index contributed by atoms with van der Waals surface area (Å²) < 4.78 is 13.5. The van der Waals surface area contributed by atoms with Crippen LogP contribution in [0.5, 0.6) is 0 Å². The van der Waals surface area contributed by atoms with E-state index in [1.165, 1.54) is 25.9 Å². The molecule has 1 aliphatic heterocycles. The topological polar surface area (TPSA) is 39.7 Å². The van der Waals surface area contributed by atoms with E-state index in [0.717, 1.165) is 18.1 Å². The van der Waals surface area contributed by atoms with E-state index in [9.17, 15) is 4.39 Å². The molecule has 0 aliphatic carbocycles. The highest BCUT2D eigenvalue weighted by atomic mass is 127.